The van der Waals surface area contributed by atoms with Crippen molar-refractivity contribution in [3.8, 4) is 5.75 Å². The fraction of sp³-hybridized carbons (Fsp3) is 0.438. The van der Waals surface area contributed by atoms with E-state index in [0.717, 1.165) is 16.7 Å². The monoisotopic (exact) mass is 288 g/mol. The van der Waals surface area contributed by atoms with Crippen LogP contribution in [0, 0.1) is 0 Å². The molecule has 0 aliphatic carbocycles. The van der Waals surface area contributed by atoms with E-state index in [-0.39, 0.29) is 5.91 Å². The van der Waals surface area contributed by atoms with Crippen molar-refractivity contribution < 1.29 is 14.3 Å². The molecule has 21 heavy (non-hydrogen) atoms. The first-order valence-electron chi connectivity index (χ1n) is 7.35. The number of benzene rings is 1. The SMILES string of the molecule is CCOc1ccc2c(ccn2CC(=O)N2CCOCC2)c1. The molecule has 1 aromatic carbocycles. The maximum absolute atomic E-state index is 12.3. The number of ether oxygens (including phenoxy) is 2. The summed E-state index contributed by atoms with van der Waals surface area (Å²) >= 11 is 0. The lowest BCUT2D eigenvalue weighted by atomic mass is 10.2. The number of fused-ring (bicyclic) bond motifs is 1. The maximum Gasteiger partial charge on any atom is 0.242 e. The van der Waals surface area contributed by atoms with E-state index in [1.807, 2.05) is 46.9 Å². The highest BCUT2D eigenvalue weighted by molar-refractivity contribution is 5.84. The third kappa shape index (κ3) is 3.03. The molecular weight excluding hydrogens is 268 g/mol. The van der Waals surface area contributed by atoms with Gasteiger partial charge in [-0.2, -0.15) is 0 Å². The minimum Gasteiger partial charge on any atom is -0.494 e. The largest absolute Gasteiger partial charge is 0.494 e. The molecule has 5 nitrogen and oxygen atoms in total. The molecule has 0 spiro atoms. The van der Waals surface area contributed by atoms with Crippen LogP contribution in [0.15, 0.2) is 30.5 Å². The van der Waals surface area contributed by atoms with Crippen LogP contribution < -0.4 is 4.74 Å². The lowest BCUT2D eigenvalue weighted by Crippen LogP contribution is -2.42. The molecule has 2 aromatic rings. The second-order valence-corrected chi connectivity index (χ2v) is 5.09. The Kier molecular flexibility index (Phi) is 4.10. The predicted molar refractivity (Wildman–Crippen MR) is 80.5 cm³/mol. The highest BCUT2D eigenvalue weighted by Crippen LogP contribution is 2.22. The Labute approximate surface area is 124 Å². The van der Waals surface area contributed by atoms with Crippen LogP contribution in [0.25, 0.3) is 10.9 Å². The third-order valence-corrected chi connectivity index (χ3v) is 3.72. The number of morpholine rings is 1. The van der Waals surface area contributed by atoms with Crippen LogP contribution in [0.1, 0.15) is 6.92 Å². The average molecular weight is 288 g/mol. The minimum atomic E-state index is 0.143. The Morgan fingerprint density at radius 3 is 2.86 bits per heavy atom. The van der Waals surface area contributed by atoms with Gasteiger partial charge in [0.25, 0.3) is 0 Å². The van der Waals surface area contributed by atoms with Gasteiger partial charge in [0.1, 0.15) is 12.3 Å². The molecule has 3 rings (SSSR count). The molecular formula is C16H20N2O3. The number of carbonyl (C=O) groups excluding carboxylic acids is 1. The van der Waals surface area contributed by atoms with Gasteiger partial charge < -0.3 is 18.9 Å². The summed E-state index contributed by atoms with van der Waals surface area (Å²) in [5.74, 6) is 1.01. The van der Waals surface area contributed by atoms with Crippen LogP contribution in [0.3, 0.4) is 0 Å². The van der Waals surface area contributed by atoms with Crippen molar-refractivity contribution in [2.75, 3.05) is 32.9 Å². The molecule has 0 atom stereocenters. The van der Waals surface area contributed by atoms with Gasteiger partial charge in [0, 0.05) is 30.2 Å². The number of hydrogen-bond donors (Lipinski definition) is 0. The van der Waals surface area contributed by atoms with Crippen molar-refractivity contribution in [1.29, 1.82) is 0 Å². The van der Waals surface area contributed by atoms with Gasteiger partial charge in [-0.25, -0.2) is 0 Å². The van der Waals surface area contributed by atoms with E-state index in [9.17, 15) is 4.79 Å². The van der Waals surface area contributed by atoms with E-state index in [4.69, 9.17) is 9.47 Å². The first-order valence-corrected chi connectivity index (χ1v) is 7.35. The van der Waals surface area contributed by atoms with Gasteiger partial charge in [0.2, 0.25) is 5.91 Å². The number of carbonyl (C=O) groups is 1. The second kappa shape index (κ2) is 6.18. The number of hydrogen-bond acceptors (Lipinski definition) is 3. The zero-order valence-electron chi connectivity index (χ0n) is 12.2. The fourth-order valence-corrected chi connectivity index (χ4v) is 2.63. The molecule has 1 aromatic heterocycles. The van der Waals surface area contributed by atoms with Crippen molar-refractivity contribution in [2.24, 2.45) is 0 Å². The second-order valence-electron chi connectivity index (χ2n) is 5.09. The predicted octanol–water partition coefficient (Wildman–Crippen LogP) is 1.90. The van der Waals surface area contributed by atoms with Crippen LogP contribution in [-0.2, 0) is 16.1 Å². The Morgan fingerprint density at radius 1 is 1.29 bits per heavy atom. The van der Waals surface area contributed by atoms with Crippen molar-refractivity contribution in [1.82, 2.24) is 9.47 Å². The molecule has 1 saturated heterocycles. The molecule has 0 radical (unpaired) electrons. The molecule has 1 aliphatic heterocycles. The Hall–Kier alpha value is -2.01. The summed E-state index contributed by atoms with van der Waals surface area (Å²) in [4.78, 5) is 14.2. The normalized spacial score (nSPS) is 15.4. The molecule has 0 bridgehead atoms. The minimum absolute atomic E-state index is 0.143. The molecule has 2 heterocycles. The summed E-state index contributed by atoms with van der Waals surface area (Å²) in [6.45, 7) is 5.64. The lowest BCUT2D eigenvalue weighted by Gasteiger charge is -2.27. The van der Waals surface area contributed by atoms with Gasteiger partial charge in [0.15, 0.2) is 0 Å². The van der Waals surface area contributed by atoms with Gasteiger partial charge in [0.05, 0.1) is 19.8 Å². The quantitative estimate of drug-likeness (QED) is 0.863. The van der Waals surface area contributed by atoms with Crippen LogP contribution in [0.2, 0.25) is 0 Å². The molecule has 0 unspecified atom stereocenters. The molecule has 1 amide bonds. The summed E-state index contributed by atoms with van der Waals surface area (Å²) in [6.07, 6.45) is 1.96. The molecule has 112 valence electrons. The van der Waals surface area contributed by atoms with Crippen molar-refractivity contribution in [3.63, 3.8) is 0 Å². The molecule has 0 N–H and O–H groups in total. The zero-order chi connectivity index (χ0) is 14.7. The number of nitrogens with zero attached hydrogens (tertiary/aromatic N) is 2. The van der Waals surface area contributed by atoms with E-state index in [2.05, 4.69) is 0 Å². The Balaban J connectivity index is 1.76. The van der Waals surface area contributed by atoms with Gasteiger partial charge in [-0.05, 0) is 31.2 Å². The van der Waals surface area contributed by atoms with E-state index in [1.54, 1.807) is 0 Å². The van der Waals surface area contributed by atoms with E-state index >= 15 is 0 Å². The van der Waals surface area contributed by atoms with Crippen molar-refractivity contribution in [2.45, 2.75) is 13.5 Å². The van der Waals surface area contributed by atoms with Crippen molar-refractivity contribution in [3.05, 3.63) is 30.5 Å². The van der Waals surface area contributed by atoms with Gasteiger partial charge in [-0.3, -0.25) is 4.79 Å². The molecule has 0 saturated carbocycles. The smallest absolute Gasteiger partial charge is 0.242 e. The van der Waals surface area contributed by atoms with Gasteiger partial charge in [-0.1, -0.05) is 0 Å². The zero-order valence-corrected chi connectivity index (χ0v) is 12.2. The molecule has 1 aliphatic rings. The van der Waals surface area contributed by atoms with E-state index in [0.29, 0.717) is 39.5 Å². The number of aromatic nitrogens is 1. The maximum atomic E-state index is 12.3. The summed E-state index contributed by atoms with van der Waals surface area (Å²) in [5, 5.41) is 1.09. The van der Waals surface area contributed by atoms with Gasteiger partial charge in [-0.15, -0.1) is 0 Å². The number of amides is 1. The summed E-state index contributed by atoms with van der Waals surface area (Å²) in [6, 6.07) is 7.98. The highest BCUT2D eigenvalue weighted by atomic mass is 16.5. The summed E-state index contributed by atoms with van der Waals surface area (Å²) in [5.41, 5.74) is 1.06. The standard InChI is InChI=1S/C16H20N2O3/c1-2-21-14-3-4-15-13(11-14)5-6-18(15)12-16(19)17-7-9-20-10-8-17/h3-6,11H,2,7-10,12H2,1H3. The van der Waals surface area contributed by atoms with Crippen LogP contribution in [0.5, 0.6) is 5.75 Å². The lowest BCUT2D eigenvalue weighted by molar-refractivity contribution is -0.135. The topological polar surface area (TPSA) is 43.7 Å². The number of rotatable bonds is 4. The summed E-state index contributed by atoms with van der Waals surface area (Å²) < 4.78 is 12.8. The van der Waals surface area contributed by atoms with Crippen LogP contribution in [0.4, 0.5) is 0 Å². The molecule has 1 fully saturated rings. The van der Waals surface area contributed by atoms with Crippen LogP contribution >= 0.6 is 0 Å². The Morgan fingerprint density at radius 2 is 2.10 bits per heavy atom. The highest BCUT2D eigenvalue weighted by Gasteiger charge is 2.17. The first kappa shape index (κ1) is 13.9. The van der Waals surface area contributed by atoms with E-state index < -0.39 is 0 Å². The van der Waals surface area contributed by atoms with Crippen molar-refractivity contribution >= 4 is 16.8 Å². The average Bonchev–Trinajstić information content (AvgIpc) is 2.91. The first-order chi connectivity index (χ1) is 10.3. The fourth-order valence-electron chi connectivity index (χ4n) is 2.63. The van der Waals surface area contributed by atoms with Gasteiger partial charge >= 0.3 is 0 Å². The van der Waals surface area contributed by atoms with E-state index in [1.165, 1.54) is 0 Å². The molecule has 5 heteroatoms. The summed E-state index contributed by atoms with van der Waals surface area (Å²) in [7, 11) is 0. The Bertz CT molecular complexity index is 629. The van der Waals surface area contributed by atoms with Crippen LogP contribution in [-0.4, -0.2) is 48.3 Å². The third-order valence-electron chi connectivity index (χ3n) is 3.72.